The van der Waals surface area contributed by atoms with E-state index in [0.717, 1.165) is 28.3 Å². The van der Waals surface area contributed by atoms with Gasteiger partial charge in [-0.2, -0.15) is 5.10 Å². The minimum Gasteiger partial charge on any atom is -0.378 e. The molecule has 0 aliphatic heterocycles. The number of nitrogens with zero attached hydrogens (tertiary/aromatic N) is 5. The first-order valence-electron chi connectivity index (χ1n) is 8.73. The predicted molar refractivity (Wildman–Crippen MR) is 112 cm³/mol. The van der Waals surface area contributed by atoms with Crippen molar-refractivity contribution in [2.75, 3.05) is 24.4 Å². The van der Waals surface area contributed by atoms with E-state index >= 15 is 0 Å². The molecular formula is C20H22N6O2. The van der Waals surface area contributed by atoms with Crippen LogP contribution in [0.25, 0.3) is 5.69 Å². The summed E-state index contributed by atoms with van der Waals surface area (Å²) in [6.45, 7) is 4.04. The van der Waals surface area contributed by atoms with Crippen molar-refractivity contribution >= 4 is 23.4 Å². The largest absolute Gasteiger partial charge is 0.378 e. The molecule has 144 valence electrons. The van der Waals surface area contributed by atoms with Gasteiger partial charge in [0.15, 0.2) is 0 Å². The molecule has 28 heavy (non-hydrogen) atoms. The molecule has 0 bridgehead atoms. The fourth-order valence-electron chi connectivity index (χ4n) is 3.01. The molecule has 1 N–H and O–H groups in total. The third-order valence-electron chi connectivity index (χ3n) is 4.45. The van der Waals surface area contributed by atoms with Gasteiger partial charge >= 0.3 is 5.69 Å². The van der Waals surface area contributed by atoms with Crippen molar-refractivity contribution in [2.45, 2.75) is 13.8 Å². The molecule has 0 atom stereocenters. The van der Waals surface area contributed by atoms with Crippen LogP contribution in [-0.2, 0) is 0 Å². The van der Waals surface area contributed by atoms with E-state index in [1.54, 1.807) is 6.21 Å². The third kappa shape index (κ3) is 3.85. The Kier molecular flexibility index (Phi) is 5.39. The van der Waals surface area contributed by atoms with E-state index in [9.17, 15) is 10.1 Å². The molecule has 3 rings (SSSR count). The molecule has 0 fully saturated rings. The second kappa shape index (κ2) is 7.91. The molecule has 0 saturated carbocycles. The van der Waals surface area contributed by atoms with Crippen LogP contribution >= 0.6 is 0 Å². The second-order valence-electron chi connectivity index (χ2n) is 6.57. The Labute approximate surface area is 163 Å². The van der Waals surface area contributed by atoms with Gasteiger partial charge in [0.05, 0.1) is 11.1 Å². The number of aromatic nitrogens is 2. The van der Waals surface area contributed by atoms with Gasteiger partial charge in [-0.15, -0.1) is 0 Å². The number of aryl methyl sites for hydroxylation is 1. The van der Waals surface area contributed by atoms with Gasteiger partial charge in [-0.25, -0.2) is 4.98 Å². The fraction of sp³-hybridized carbons (Fsp3) is 0.200. The van der Waals surface area contributed by atoms with Crippen LogP contribution in [0.2, 0.25) is 0 Å². The highest BCUT2D eigenvalue weighted by molar-refractivity contribution is 5.83. The Morgan fingerprint density at radius 2 is 1.93 bits per heavy atom. The van der Waals surface area contributed by atoms with Crippen LogP contribution in [0.15, 0.2) is 53.8 Å². The number of hydrogen-bond acceptors (Lipinski definition) is 6. The fourth-order valence-corrected chi connectivity index (χ4v) is 3.01. The molecule has 1 aromatic carbocycles. The van der Waals surface area contributed by atoms with Crippen molar-refractivity contribution in [3.8, 4) is 5.69 Å². The van der Waals surface area contributed by atoms with E-state index in [1.165, 1.54) is 18.3 Å². The number of hydrazone groups is 1. The summed E-state index contributed by atoms with van der Waals surface area (Å²) in [5, 5.41) is 15.2. The van der Waals surface area contributed by atoms with Crippen LogP contribution in [0, 0.1) is 24.0 Å². The third-order valence-corrected chi connectivity index (χ3v) is 4.45. The van der Waals surface area contributed by atoms with E-state index < -0.39 is 4.92 Å². The van der Waals surface area contributed by atoms with E-state index in [-0.39, 0.29) is 11.5 Å². The molecule has 8 nitrogen and oxygen atoms in total. The number of rotatable bonds is 6. The molecule has 0 saturated heterocycles. The molecule has 0 aliphatic rings. The van der Waals surface area contributed by atoms with Gasteiger partial charge in [0.1, 0.15) is 0 Å². The summed E-state index contributed by atoms with van der Waals surface area (Å²) in [5.41, 5.74) is 7.75. The van der Waals surface area contributed by atoms with Gasteiger partial charge in [-0.1, -0.05) is 0 Å². The lowest BCUT2D eigenvalue weighted by molar-refractivity contribution is -0.384. The number of anilines is 2. The van der Waals surface area contributed by atoms with Crippen LogP contribution in [0.3, 0.4) is 0 Å². The maximum atomic E-state index is 11.0. The lowest BCUT2D eigenvalue weighted by Crippen LogP contribution is -2.08. The highest BCUT2D eigenvalue weighted by atomic mass is 16.6. The van der Waals surface area contributed by atoms with Crippen molar-refractivity contribution in [1.82, 2.24) is 9.55 Å². The Balaban J connectivity index is 1.84. The summed E-state index contributed by atoms with van der Waals surface area (Å²) in [4.78, 5) is 16.6. The maximum Gasteiger partial charge on any atom is 0.313 e. The molecule has 0 spiro atoms. The monoisotopic (exact) mass is 378 g/mol. The molecule has 0 amide bonds. The molecule has 2 aromatic heterocycles. The zero-order valence-corrected chi connectivity index (χ0v) is 16.2. The van der Waals surface area contributed by atoms with Crippen LogP contribution in [0.1, 0.15) is 17.0 Å². The van der Waals surface area contributed by atoms with Crippen LogP contribution in [-0.4, -0.2) is 34.8 Å². The summed E-state index contributed by atoms with van der Waals surface area (Å²) >= 11 is 0. The zero-order chi connectivity index (χ0) is 20.3. The van der Waals surface area contributed by atoms with Gasteiger partial charge in [0, 0.05) is 54.7 Å². The lowest BCUT2D eigenvalue weighted by atomic mass is 10.2. The molecular weight excluding hydrogens is 356 g/mol. The number of nitrogens with one attached hydrogen (secondary N) is 1. The minimum absolute atomic E-state index is 0.108. The summed E-state index contributed by atoms with van der Waals surface area (Å²) < 4.78 is 2.14. The maximum absolute atomic E-state index is 11.0. The number of benzene rings is 1. The highest BCUT2D eigenvalue weighted by Gasteiger charge is 2.13. The molecule has 0 radical (unpaired) electrons. The highest BCUT2D eigenvalue weighted by Crippen LogP contribution is 2.23. The average Bonchev–Trinajstić information content (AvgIpc) is 2.95. The second-order valence-corrected chi connectivity index (χ2v) is 6.57. The molecule has 8 heteroatoms. The van der Waals surface area contributed by atoms with Crippen molar-refractivity contribution in [1.29, 1.82) is 0 Å². The summed E-state index contributed by atoms with van der Waals surface area (Å²) in [6.07, 6.45) is 3.12. The van der Waals surface area contributed by atoms with Crippen molar-refractivity contribution in [3.05, 3.63) is 75.7 Å². The van der Waals surface area contributed by atoms with Crippen molar-refractivity contribution in [2.24, 2.45) is 5.10 Å². The van der Waals surface area contributed by atoms with E-state index in [2.05, 4.69) is 49.2 Å². The van der Waals surface area contributed by atoms with Gasteiger partial charge in [-0.05, 0) is 50.2 Å². The Hall–Kier alpha value is -3.68. The summed E-state index contributed by atoms with van der Waals surface area (Å²) in [6, 6.07) is 13.2. The van der Waals surface area contributed by atoms with Gasteiger partial charge in [0.2, 0.25) is 5.82 Å². The molecule has 0 aliphatic carbocycles. The normalized spacial score (nSPS) is 11.0. The Morgan fingerprint density at radius 1 is 1.21 bits per heavy atom. The number of nitro groups is 1. The van der Waals surface area contributed by atoms with Gasteiger partial charge in [-0.3, -0.25) is 15.5 Å². The summed E-state index contributed by atoms with van der Waals surface area (Å²) in [5.74, 6) is 0.108. The quantitative estimate of drug-likeness (QED) is 0.399. The summed E-state index contributed by atoms with van der Waals surface area (Å²) in [7, 11) is 4.02. The Morgan fingerprint density at radius 3 is 2.57 bits per heavy atom. The smallest absolute Gasteiger partial charge is 0.313 e. The first kappa shape index (κ1) is 19.1. The van der Waals surface area contributed by atoms with Crippen LogP contribution < -0.4 is 10.3 Å². The zero-order valence-electron chi connectivity index (χ0n) is 16.2. The first-order chi connectivity index (χ1) is 13.4. The molecule has 3 aromatic rings. The first-order valence-corrected chi connectivity index (χ1v) is 8.73. The van der Waals surface area contributed by atoms with Crippen LogP contribution in [0.5, 0.6) is 0 Å². The molecule has 2 heterocycles. The number of pyridine rings is 1. The van der Waals surface area contributed by atoms with E-state index in [0.29, 0.717) is 0 Å². The van der Waals surface area contributed by atoms with Crippen molar-refractivity contribution < 1.29 is 4.92 Å². The average molecular weight is 378 g/mol. The van der Waals surface area contributed by atoms with Crippen LogP contribution in [0.4, 0.5) is 17.2 Å². The Bertz CT molecular complexity index is 1020. The minimum atomic E-state index is -0.492. The predicted octanol–water partition coefficient (Wildman–Crippen LogP) is 3.91. The topological polar surface area (TPSA) is 88.6 Å². The molecule has 0 unspecified atom stereocenters. The standard InChI is InChI=1S/C20H22N6O2/c1-14-12-16(13-22-23-20-19(26(27)28)6-5-11-21-20)15(2)25(14)18-9-7-17(8-10-18)24(3)4/h5-13H,1-4H3,(H,21,23)/b22-13-. The van der Waals surface area contributed by atoms with E-state index in [4.69, 9.17) is 0 Å². The lowest BCUT2D eigenvalue weighted by Gasteiger charge is -2.14. The number of hydrogen-bond donors (Lipinski definition) is 1. The van der Waals surface area contributed by atoms with Gasteiger partial charge < -0.3 is 9.47 Å². The van der Waals surface area contributed by atoms with Crippen molar-refractivity contribution in [3.63, 3.8) is 0 Å². The SMILES string of the molecule is Cc1cc(/C=N\Nc2ncccc2[N+](=O)[O-])c(C)n1-c1ccc(N(C)C)cc1. The van der Waals surface area contributed by atoms with E-state index in [1.807, 2.05) is 34.0 Å². The van der Waals surface area contributed by atoms with Gasteiger partial charge in [0.25, 0.3) is 0 Å².